The van der Waals surface area contributed by atoms with Crippen LogP contribution in [0, 0.1) is 0 Å². The van der Waals surface area contributed by atoms with E-state index in [1.807, 2.05) is 31.2 Å². The standard InChI is InChI=1S/C13H18O3/c1-3-15-8-9-16-13-6-4-12(5-7-13)10-11(2)14/h4-7H,3,8-10H2,1-2H3. The Labute approximate surface area is 96.4 Å². The number of benzene rings is 1. The van der Waals surface area contributed by atoms with Crippen LogP contribution < -0.4 is 4.74 Å². The summed E-state index contributed by atoms with van der Waals surface area (Å²) in [5, 5.41) is 0. The summed E-state index contributed by atoms with van der Waals surface area (Å²) in [5.74, 6) is 0.983. The molecule has 0 bridgehead atoms. The molecule has 0 aliphatic rings. The van der Waals surface area contributed by atoms with Crippen LogP contribution in [0.15, 0.2) is 24.3 Å². The monoisotopic (exact) mass is 222 g/mol. The van der Waals surface area contributed by atoms with E-state index in [0.29, 0.717) is 26.2 Å². The molecule has 0 unspecified atom stereocenters. The third kappa shape index (κ3) is 4.94. The third-order valence-corrected chi connectivity index (χ3v) is 2.08. The normalized spacial score (nSPS) is 10.1. The molecule has 0 fully saturated rings. The minimum atomic E-state index is 0.171. The van der Waals surface area contributed by atoms with Crippen LogP contribution >= 0.6 is 0 Å². The lowest BCUT2D eigenvalue weighted by Gasteiger charge is -2.06. The van der Waals surface area contributed by atoms with E-state index in [9.17, 15) is 4.79 Å². The average molecular weight is 222 g/mol. The summed E-state index contributed by atoms with van der Waals surface area (Å²) < 4.78 is 10.6. The van der Waals surface area contributed by atoms with Gasteiger partial charge in [0.2, 0.25) is 0 Å². The van der Waals surface area contributed by atoms with E-state index < -0.39 is 0 Å². The van der Waals surface area contributed by atoms with Gasteiger partial charge >= 0.3 is 0 Å². The molecule has 0 aliphatic carbocycles. The maximum absolute atomic E-state index is 10.9. The lowest BCUT2D eigenvalue weighted by molar-refractivity contribution is -0.116. The Balaban J connectivity index is 2.36. The molecule has 0 radical (unpaired) electrons. The maximum atomic E-state index is 10.9. The lowest BCUT2D eigenvalue weighted by atomic mass is 10.1. The Hall–Kier alpha value is -1.35. The highest BCUT2D eigenvalue weighted by Gasteiger charge is 1.98. The Kier molecular flexibility index (Phi) is 5.57. The molecule has 3 nitrogen and oxygen atoms in total. The van der Waals surface area contributed by atoms with Crippen LogP contribution in [-0.2, 0) is 16.0 Å². The number of hydrogen-bond acceptors (Lipinski definition) is 3. The van der Waals surface area contributed by atoms with E-state index in [2.05, 4.69) is 0 Å². The summed E-state index contributed by atoms with van der Waals surface area (Å²) in [6.07, 6.45) is 0.485. The second-order valence-electron chi connectivity index (χ2n) is 3.57. The van der Waals surface area contributed by atoms with Gasteiger partial charge in [-0.25, -0.2) is 0 Å². The van der Waals surface area contributed by atoms with Crippen LogP contribution in [0.1, 0.15) is 19.4 Å². The summed E-state index contributed by atoms with van der Waals surface area (Å²) >= 11 is 0. The first-order valence-electron chi connectivity index (χ1n) is 5.51. The van der Waals surface area contributed by atoms with Crippen molar-refractivity contribution in [1.82, 2.24) is 0 Å². The van der Waals surface area contributed by atoms with E-state index in [1.54, 1.807) is 6.92 Å². The van der Waals surface area contributed by atoms with Gasteiger partial charge in [-0.15, -0.1) is 0 Å². The fraction of sp³-hybridized carbons (Fsp3) is 0.462. The zero-order valence-electron chi connectivity index (χ0n) is 9.86. The largest absolute Gasteiger partial charge is 0.491 e. The zero-order chi connectivity index (χ0) is 11.8. The van der Waals surface area contributed by atoms with Gasteiger partial charge in [0.05, 0.1) is 6.61 Å². The second kappa shape index (κ2) is 7.01. The van der Waals surface area contributed by atoms with Crippen molar-refractivity contribution in [3.8, 4) is 5.75 Å². The van der Waals surface area contributed by atoms with Gasteiger partial charge in [0.1, 0.15) is 18.1 Å². The van der Waals surface area contributed by atoms with E-state index in [0.717, 1.165) is 11.3 Å². The smallest absolute Gasteiger partial charge is 0.134 e. The summed E-state index contributed by atoms with van der Waals surface area (Å²) in [6, 6.07) is 7.59. The Morgan fingerprint density at radius 3 is 2.44 bits per heavy atom. The summed E-state index contributed by atoms with van der Waals surface area (Å²) in [6.45, 7) is 5.41. The highest BCUT2D eigenvalue weighted by molar-refractivity contribution is 5.78. The van der Waals surface area contributed by atoms with Gasteiger partial charge in [-0.2, -0.15) is 0 Å². The van der Waals surface area contributed by atoms with Crippen LogP contribution in [0.5, 0.6) is 5.75 Å². The number of Topliss-reactive ketones (excluding diaryl/α,β-unsaturated/α-hetero) is 1. The first kappa shape index (κ1) is 12.7. The maximum Gasteiger partial charge on any atom is 0.134 e. The van der Waals surface area contributed by atoms with Gasteiger partial charge in [0.15, 0.2) is 0 Å². The van der Waals surface area contributed by atoms with Crippen LogP contribution in [0.2, 0.25) is 0 Å². The molecular formula is C13H18O3. The molecule has 3 heteroatoms. The van der Waals surface area contributed by atoms with Crippen LogP contribution in [-0.4, -0.2) is 25.6 Å². The molecule has 0 spiro atoms. The van der Waals surface area contributed by atoms with E-state index in [-0.39, 0.29) is 5.78 Å². The van der Waals surface area contributed by atoms with Gasteiger partial charge < -0.3 is 9.47 Å². The molecular weight excluding hydrogens is 204 g/mol. The Bertz CT molecular complexity index is 316. The number of carbonyl (C=O) groups is 1. The fourth-order valence-electron chi connectivity index (χ4n) is 1.35. The minimum Gasteiger partial charge on any atom is -0.491 e. The zero-order valence-corrected chi connectivity index (χ0v) is 9.86. The van der Waals surface area contributed by atoms with Crippen molar-refractivity contribution in [2.45, 2.75) is 20.3 Å². The Morgan fingerprint density at radius 2 is 1.88 bits per heavy atom. The number of hydrogen-bond donors (Lipinski definition) is 0. The van der Waals surface area contributed by atoms with Crippen molar-refractivity contribution in [3.05, 3.63) is 29.8 Å². The molecule has 0 amide bonds. The highest BCUT2D eigenvalue weighted by Crippen LogP contribution is 2.12. The third-order valence-electron chi connectivity index (χ3n) is 2.08. The second-order valence-corrected chi connectivity index (χ2v) is 3.57. The summed E-state index contributed by atoms with van der Waals surface area (Å²) in [5.41, 5.74) is 1.02. The number of carbonyl (C=O) groups excluding carboxylic acids is 1. The quantitative estimate of drug-likeness (QED) is 0.664. The Morgan fingerprint density at radius 1 is 1.19 bits per heavy atom. The molecule has 0 N–H and O–H groups in total. The van der Waals surface area contributed by atoms with Crippen LogP contribution in [0.25, 0.3) is 0 Å². The summed E-state index contributed by atoms with van der Waals surface area (Å²) in [4.78, 5) is 10.9. The van der Waals surface area contributed by atoms with Crippen molar-refractivity contribution in [3.63, 3.8) is 0 Å². The minimum absolute atomic E-state index is 0.171. The van der Waals surface area contributed by atoms with Crippen LogP contribution in [0.3, 0.4) is 0 Å². The number of ether oxygens (including phenoxy) is 2. The van der Waals surface area contributed by atoms with Gasteiger partial charge in [-0.05, 0) is 31.5 Å². The fourth-order valence-corrected chi connectivity index (χ4v) is 1.35. The molecule has 0 saturated carbocycles. The van der Waals surface area contributed by atoms with Gasteiger partial charge in [-0.3, -0.25) is 4.79 Å². The molecule has 88 valence electrons. The molecule has 1 aromatic carbocycles. The molecule has 0 heterocycles. The van der Waals surface area contributed by atoms with Crippen molar-refractivity contribution >= 4 is 5.78 Å². The molecule has 0 atom stereocenters. The summed E-state index contributed by atoms with van der Waals surface area (Å²) in [7, 11) is 0. The SMILES string of the molecule is CCOCCOc1ccc(CC(C)=O)cc1. The molecule has 0 aliphatic heterocycles. The van der Waals surface area contributed by atoms with Crippen molar-refractivity contribution in [2.24, 2.45) is 0 Å². The van der Waals surface area contributed by atoms with Crippen molar-refractivity contribution in [1.29, 1.82) is 0 Å². The average Bonchev–Trinajstić information content (AvgIpc) is 2.26. The van der Waals surface area contributed by atoms with Gasteiger partial charge in [0, 0.05) is 13.0 Å². The predicted octanol–water partition coefficient (Wildman–Crippen LogP) is 2.23. The van der Waals surface area contributed by atoms with Gasteiger partial charge in [0.25, 0.3) is 0 Å². The first-order chi connectivity index (χ1) is 7.72. The van der Waals surface area contributed by atoms with E-state index in [4.69, 9.17) is 9.47 Å². The van der Waals surface area contributed by atoms with Gasteiger partial charge in [-0.1, -0.05) is 12.1 Å². The topological polar surface area (TPSA) is 35.5 Å². The lowest BCUT2D eigenvalue weighted by Crippen LogP contribution is -2.06. The molecule has 0 saturated heterocycles. The molecule has 1 rings (SSSR count). The van der Waals surface area contributed by atoms with E-state index in [1.165, 1.54) is 0 Å². The molecule has 1 aromatic rings. The van der Waals surface area contributed by atoms with Crippen molar-refractivity contribution < 1.29 is 14.3 Å². The van der Waals surface area contributed by atoms with E-state index >= 15 is 0 Å². The molecule has 0 aromatic heterocycles. The van der Waals surface area contributed by atoms with Crippen LogP contribution in [0.4, 0.5) is 0 Å². The highest BCUT2D eigenvalue weighted by atomic mass is 16.5. The number of ketones is 1. The first-order valence-corrected chi connectivity index (χ1v) is 5.51. The van der Waals surface area contributed by atoms with Crippen molar-refractivity contribution in [2.75, 3.05) is 19.8 Å². The number of rotatable bonds is 7. The predicted molar refractivity (Wildman–Crippen MR) is 62.8 cm³/mol. The molecule has 16 heavy (non-hydrogen) atoms.